The molecule has 3 nitrogen and oxygen atoms in total. The van der Waals surface area contributed by atoms with E-state index in [1.807, 2.05) is 32.9 Å². The molecule has 2 aromatic rings. The normalized spacial score (nSPS) is 10.6. The maximum atomic E-state index is 13.2. The summed E-state index contributed by atoms with van der Waals surface area (Å²) in [7, 11) is -1.72. The number of benzene rings is 2. The third kappa shape index (κ3) is 3.62. The summed E-state index contributed by atoms with van der Waals surface area (Å²) in [6.45, 7) is 6.09. The first kappa shape index (κ1) is 15.5. The number of halogens is 1. The summed E-state index contributed by atoms with van der Waals surface area (Å²) < 4.78 is 19.0. The Kier molecular flexibility index (Phi) is 4.65. The minimum absolute atomic E-state index is 0.123. The minimum atomic E-state index is -1.72. The molecule has 0 aliphatic heterocycles. The van der Waals surface area contributed by atoms with Crippen LogP contribution in [-0.4, -0.2) is 17.2 Å². The Balaban J connectivity index is 2.25. The van der Waals surface area contributed by atoms with E-state index < -0.39 is 12.9 Å². The van der Waals surface area contributed by atoms with Crippen LogP contribution < -0.4 is 10.2 Å². The van der Waals surface area contributed by atoms with Crippen LogP contribution in [0.2, 0.25) is 0 Å². The van der Waals surface area contributed by atoms with Crippen LogP contribution in [0.25, 0.3) is 0 Å². The molecule has 2 aromatic carbocycles. The molecule has 21 heavy (non-hydrogen) atoms. The van der Waals surface area contributed by atoms with Gasteiger partial charge in [-0.15, -0.1) is 0 Å². The van der Waals surface area contributed by atoms with Crippen molar-refractivity contribution in [2.45, 2.75) is 27.4 Å². The molecule has 5 heteroatoms. The van der Waals surface area contributed by atoms with E-state index in [1.54, 1.807) is 0 Å². The molecule has 0 saturated heterocycles. The minimum Gasteiger partial charge on any atom is -0.488 e. The lowest BCUT2D eigenvalue weighted by Crippen LogP contribution is -2.34. The van der Waals surface area contributed by atoms with Crippen molar-refractivity contribution < 1.29 is 19.2 Å². The third-order valence-corrected chi connectivity index (χ3v) is 3.36. The summed E-state index contributed by atoms with van der Waals surface area (Å²) in [5, 5.41) is 18.6. The molecule has 0 radical (unpaired) electrons. The first-order chi connectivity index (χ1) is 9.88. The van der Waals surface area contributed by atoms with Crippen LogP contribution in [0.1, 0.15) is 22.3 Å². The summed E-state index contributed by atoms with van der Waals surface area (Å²) in [4.78, 5) is 0. The highest BCUT2D eigenvalue weighted by Crippen LogP contribution is 2.25. The molecule has 0 aliphatic rings. The Morgan fingerprint density at radius 1 is 1.05 bits per heavy atom. The summed E-state index contributed by atoms with van der Waals surface area (Å²) in [5.74, 6) is 0.257. The van der Waals surface area contributed by atoms with Gasteiger partial charge in [0.05, 0.1) is 0 Å². The molecule has 2 rings (SSSR count). The van der Waals surface area contributed by atoms with Crippen LogP contribution in [0.5, 0.6) is 5.75 Å². The predicted molar refractivity (Wildman–Crippen MR) is 81.2 cm³/mol. The lowest BCUT2D eigenvalue weighted by molar-refractivity contribution is 0.302. The number of rotatable bonds is 4. The first-order valence-corrected chi connectivity index (χ1v) is 6.73. The van der Waals surface area contributed by atoms with E-state index in [9.17, 15) is 14.4 Å². The smallest absolute Gasteiger partial charge is 0.488 e. The van der Waals surface area contributed by atoms with Crippen molar-refractivity contribution in [1.82, 2.24) is 0 Å². The maximum Gasteiger partial charge on any atom is 0.488 e. The number of hydrogen-bond donors (Lipinski definition) is 2. The Morgan fingerprint density at radius 3 is 2.24 bits per heavy atom. The molecule has 110 valence electrons. The first-order valence-electron chi connectivity index (χ1n) is 6.73. The second-order valence-electron chi connectivity index (χ2n) is 5.23. The van der Waals surface area contributed by atoms with Gasteiger partial charge >= 0.3 is 7.12 Å². The Labute approximate surface area is 124 Å². The Hall–Kier alpha value is -1.85. The molecule has 0 heterocycles. The average molecular weight is 288 g/mol. The molecule has 0 aromatic heterocycles. The standard InChI is InChI=1S/C16H18BFO3/c1-10-6-11(2)16(12(3)7-10)21-9-13-4-5-14(18)8-15(13)17(19)20/h4-8,19-20H,9H2,1-3H3. The van der Waals surface area contributed by atoms with E-state index in [0.717, 1.165) is 28.5 Å². The van der Waals surface area contributed by atoms with Gasteiger partial charge in [0, 0.05) is 0 Å². The molecule has 2 N–H and O–H groups in total. The highest BCUT2D eigenvalue weighted by atomic mass is 19.1. The predicted octanol–water partition coefficient (Wildman–Crippen LogP) is 2.01. The lowest BCUT2D eigenvalue weighted by Gasteiger charge is -2.15. The SMILES string of the molecule is Cc1cc(C)c(OCc2ccc(F)cc2B(O)O)c(C)c1. The molecule has 0 bridgehead atoms. The summed E-state index contributed by atoms with van der Waals surface area (Å²) in [6, 6.07) is 7.93. The average Bonchev–Trinajstić information content (AvgIpc) is 2.38. The van der Waals surface area contributed by atoms with Gasteiger partial charge in [-0.25, -0.2) is 4.39 Å². The molecule has 0 aliphatic carbocycles. The number of ether oxygens (including phenoxy) is 1. The van der Waals surface area contributed by atoms with Gasteiger partial charge in [0.2, 0.25) is 0 Å². The van der Waals surface area contributed by atoms with E-state index in [-0.39, 0.29) is 12.1 Å². The number of aryl methyl sites for hydroxylation is 3. The lowest BCUT2D eigenvalue weighted by atomic mass is 9.77. The molecule has 0 saturated carbocycles. The van der Waals surface area contributed by atoms with Crippen LogP contribution in [0, 0.1) is 26.6 Å². The van der Waals surface area contributed by atoms with E-state index >= 15 is 0 Å². The highest BCUT2D eigenvalue weighted by Gasteiger charge is 2.17. The molecule has 0 atom stereocenters. The molecular weight excluding hydrogens is 270 g/mol. The Morgan fingerprint density at radius 2 is 1.67 bits per heavy atom. The zero-order valence-corrected chi connectivity index (χ0v) is 12.4. The quantitative estimate of drug-likeness (QED) is 0.846. The van der Waals surface area contributed by atoms with E-state index in [4.69, 9.17) is 4.74 Å². The molecule has 0 fully saturated rings. The van der Waals surface area contributed by atoms with Crippen LogP contribution in [-0.2, 0) is 6.61 Å². The zero-order valence-electron chi connectivity index (χ0n) is 12.4. The number of hydrogen-bond acceptors (Lipinski definition) is 3. The van der Waals surface area contributed by atoms with Crippen molar-refractivity contribution in [3.63, 3.8) is 0 Å². The van der Waals surface area contributed by atoms with Gasteiger partial charge in [0.25, 0.3) is 0 Å². The van der Waals surface area contributed by atoms with Crippen molar-refractivity contribution in [2.24, 2.45) is 0 Å². The van der Waals surface area contributed by atoms with Gasteiger partial charge in [-0.05, 0) is 55.1 Å². The topological polar surface area (TPSA) is 49.7 Å². The summed E-state index contributed by atoms with van der Waals surface area (Å²) in [5.41, 5.74) is 3.86. The van der Waals surface area contributed by atoms with E-state index in [0.29, 0.717) is 5.56 Å². The zero-order chi connectivity index (χ0) is 15.6. The van der Waals surface area contributed by atoms with Crippen LogP contribution in [0.3, 0.4) is 0 Å². The molecule has 0 amide bonds. The maximum absolute atomic E-state index is 13.2. The third-order valence-electron chi connectivity index (χ3n) is 3.36. The fraction of sp³-hybridized carbons (Fsp3) is 0.250. The molecule has 0 spiro atoms. The van der Waals surface area contributed by atoms with Crippen molar-refractivity contribution in [2.75, 3.05) is 0 Å². The van der Waals surface area contributed by atoms with Crippen LogP contribution >= 0.6 is 0 Å². The largest absolute Gasteiger partial charge is 0.488 e. The van der Waals surface area contributed by atoms with Gasteiger partial charge in [-0.3, -0.25) is 0 Å². The van der Waals surface area contributed by atoms with Gasteiger partial charge in [-0.2, -0.15) is 0 Å². The second-order valence-corrected chi connectivity index (χ2v) is 5.23. The van der Waals surface area contributed by atoms with E-state index in [2.05, 4.69) is 0 Å². The fourth-order valence-electron chi connectivity index (χ4n) is 2.48. The van der Waals surface area contributed by atoms with Crippen LogP contribution in [0.15, 0.2) is 30.3 Å². The van der Waals surface area contributed by atoms with Gasteiger partial charge in [0.15, 0.2) is 0 Å². The second kappa shape index (κ2) is 6.29. The molecule has 0 unspecified atom stereocenters. The fourth-order valence-corrected chi connectivity index (χ4v) is 2.48. The van der Waals surface area contributed by atoms with Crippen molar-refractivity contribution in [3.8, 4) is 5.75 Å². The van der Waals surface area contributed by atoms with Gasteiger partial charge in [0.1, 0.15) is 18.2 Å². The monoisotopic (exact) mass is 288 g/mol. The Bertz CT molecular complexity index is 633. The van der Waals surface area contributed by atoms with Crippen molar-refractivity contribution in [1.29, 1.82) is 0 Å². The van der Waals surface area contributed by atoms with Gasteiger partial charge in [-0.1, -0.05) is 23.8 Å². The van der Waals surface area contributed by atoms with Gasteiger partial charge < -0.3 is 14.8 Å². The highest BCUT2D eigenvalue weighted by molar-refractivity contribution is 6.59. The van der Waals surface area contributed by atoms with Crippen molar-refractivity contribution in [3.05, 3.63) is 58.4 Å². The van der Waals surface area contributed by atoms with Crippen molar-refractivity contribution >= 4 is 12.6 Å². The van der Waals surface area contributed by atoms with Crippen LogP contribution in [0.4, 0.5) is 4.39 Å². The molecular formula is C16H18BFO3. The summed E-state index contributed by atoms with van der Waals surface area (Å²) >= 11 is 0. The summed E-state index contributed by atoms with van der Waals surface area (Å²) in [6.07, 6.45) is 0. The van der Waals surface area contributed by atoms with E-state index in [1.165, 1.54) is 12.1 Å².